The van der Waals surface area contributed by atoms with E-state index >= 15 is 0 Å². The van der Waals surface area contributed by atoms with Crippen molar-refractivity contribution in [1.29, 1.82) is 0 Å². The first-order valence-corrected chi connectivity index (χ1v) is 5.72. The lowest BCUT2D eigenvalue weighted by molar-refractivity contribution is 0.0687. The van der Waals surface area contributed by atoms with Crippen LogP contribution in [0.15, 0.2) is 29.1 Å². The summed E-state index contributed by atoms with van der Waals surface area (Å²) in [5.74, 6) is -1.08. The second-order valence-electron chi connectivity index (χ2n) is 4.41. The summed E-state index contributed by atoms with van der Waals surface area (Å²) in [5.41, 5.74) is 1.45. The first-order valence-electron chi connectivity index (χ1n) is 5.72. The predicted octanol–water partition coefficient (Wildman–Crippen LogP) is 1.19. The Hall–Kier alpha value is -2.63. The van der Waals surface area contributed by atoms with Gasteiger partial charge in [0.1, 0.15) is 17.0 Å². The predicted molar refractivity (Wildman–Crippen MR) is 69.6 cm³/mol. The lowest BCUT2D eigenvalue weighted by atomic mass is 10.3. The van der Waals surface area contributed by atoms with Crippen molar-refractivity contribution in [2.24, 2.45) is 7.05 Å². The number of carboxylic acids is 1. The Balaban J connectivity index is 2.59. The molecule has 3 aromatic rings. The Kier molecular flexibility index (Phi) is 2.22. The number of hydrogen-bond acceptors (Lipinski definition) is 3. The van der Waals surface area contributed by atoms with Crippen molar-refractivity contribution in [3.8, 4) is 0 Å². The topological polar surface area (TPSA) is 76.6 Å². The lowest BCUT2D eigenvalue weighted by Crippen LogP contribution is -2.17. The molecule has 3 aromatic heterocycles. The van der Waals surface area contributed by atoms with Gasteiger partial charge < -0.3 is 9.67 Å². The van der Waals surface area contributed by atoms with E-state index in [1.165, 1.54) is 15.0 Å². The Bertz CT molecular complexity index is 889. The second kappa shape index (κ2) is 3.68. The van der Waals surface area contributed by atoms with Crippen molar-refractivity contribution >= 4 is 22.6 Å². The molecule has 19 heavy (non-hydrogen) atoms. The molecule has 0 aromatic carbocycles. The molecule has 0 saturated carbocycles. The fourth-order valence-corrected chi connectivity index (χ4v) is 2.27. The molecule has 96 valence electrons. The van der Waals surface area contributed by atoms with Crippen LogP contribution in [0.3, 0.4) is 0 Å². The van der Waals surface area contributed by atoms with Gasteiger partial charge in [0.25, 0.3) is 5.56 Å². The third-order valence-electron chi connectivity index (χ3n) is 3.24. The summed E-state index contributed by atoms with van der Waals surface area (Å²) in [6.07, 6.45) is 0. The van der Waals surface area contributed by atoms with E-state index in [-0.39, 0.29) is 11.3 Å². The maximum absolute atomic E-state index is 12.4. The molecule has 0 aliphatic heterocycles. The third kappa shape index (κ3) is 1.46. The van der Waals surface area contributed by atoms with E-state index in [0.29, 0.717) is 16.7 Å². The Labute approximate surface area is 107 Å². The average molecular weight is 257 g/mol. The minimum absolute atomic E-state index is 0.0492. The molecule has 6 nitrogen and oxygen atoms in total. The molecule has 0 unspecified atom stereocenters. The van der Waals surface area contributed by atoms with Crippen LogP contribution in [0.25, 0.3) is 16.7 Å². The second-order valence-corrected chi connectivity index (χ2v) is 4.41. The van der Waals surface area contributed by atoms with Gasteiger partial charge in [-0.2, -0.15) is 0 Å². The van der Waals surface area contributed by atoms with Crippen LogP contribution < -0.4 is 5.56 Å². The normalized spacial score (nSPS) is 11.3. The highest BCUT2D eigenvalue weighted by Gasteiger charge is 2.17. The van der Waals surface area contributed by atoms with E-state index in [2.05, 4.69) is 4.98 Å². The summed E-state index contributed by atoms with van der Waals surface area (Å²) < 4.78 is 2.90. The van der Waals surface area contributed by atoms with E-state index < -0.39 is 5.97 Å². The summed E-state index contributed by atoms with van der Waals surface area (Å²) in [6.45, 7) is 1.81. The van der Waals surface area contributed by atoms with Gasteiger partial charge >= 0.3 is 5.97 Å². The standard InChI is InChI=1S/C13H11N3O3/c1-7-4-3-5-10-14-11-8(12(17)16(7)10)6-9(13(18)19)15(11)2/h3-6H,1-2H3,(H,18,19). The SMILES string of the molecule is Cc1cccc2nc3c(cc(C(=O)O)n3C)c(=O)n12. The van der Waals surface area contributed by atoms with Crippen LogP contribution in [-0.2, 0) is 7.05 Å². The summed E-state index contributed by atoms with van der Waals surface area (Å²) >= 11 is 0. The molecule has 0 aliphatic carbocycles. The molecular formula is C13H11N3O3. The molecule has 0 atom stereocenters. The van der Waals surface area contributed by atoms with E-state index in [1.807, 2.05) is 19.1 Å². The molecule has 0 radical (unpaired) electrons. The number of carboxylic acid groups (broad SMARTS) is 1. The van der Waals surface area contributed by atoms with Crippen LogP contribution in [0.5, 0.6) is 0 Å². The van der Waals surface area contributed by atoms with Crippen LogP contribution >= 0.6 is 0 Å². The summed E-state index contributed by atoms with van der Waals surface area (Å²) in [7, 11) is 1.59. The number of nitrogens with zero attached hydrogens (tertiary/aromatic N) is 3. The van der Waals surface area contributed by atoms with Crippen molar-refractivity contribution in [2.45, 2.75) is 6.92 Å². The van der Waals surface area contributed by atoms with Crippen LogP contribution in [-0.4, -0.2) is 25.0 Å². The zero-order valence-corrected chi connectivity index (χ0v) is 10.4. The quantitative estimate of drug-likeness (QED) is 0.710. The summed E-state index contributed by atoms with van der Waals surface area (Å²) in [6, 6.07) is 6.71. The number of hydrogen-bond donors (Lipinski definition) is 1. The number of pyridine rings is 1. The monoisotopic (exact) mass is 257 g/mol. The molecule has 0 saturated heterocycles. The molecule has 0 bridgehead atoms. The van der Waals surface area contributed by atoms with Crippen molar-refractivity contribution in [3.05, 3.63) is 46.0 Å². The zero-order valence-electron chi connectivity index (χ0n) is 10.4. The van der Waals surface area contributed by atoms with Crippen LogP contribution in [0.1, 0.15) is 16.2 Å². The van der Waals surface area contributed by atoms with Gasteiger partial charge in [-0.3, -0.25) is 9.20 Å². The van der Waals surface area contributed by atoms with Crippen molar-refractivity contribution < 1.29 is 9.90 Å². The molecule has 0 spiro atoms. The van der Waals surface area contributed by atoms with Gasteiger partial charge in [0.05, 0.1) is 5.39 Å². The maximum Gasteiger partial charge on any atom is 0.352 e. The van der Waals surface area contributed by atoms with Crippen molar-refractivity contribution in [3.63, 3.8) is 0 Å². The van der Waals surface area contributed by atoms with Gasteiger partial charge in [0, 0.05) is 12.7 Å². The number of aryl methyl sites for hydroxylation is 2. The fourth-order valence-electron chi connectivity index (χ4n) is 2.27. The van der Waals surface area contributed by atoms with Crippen molar-refractivity contribution in [2.75, 3.05) is 0 Å². The first kappa shape index (κ1) is 11.5. The van der Waals surface area contributed by atoms with Crippen LogP contribution in [0.2, 0.25) is 0 Å². The Morgan fingerprint density at radius 2 is 2.11 bits per heavy atom. The summed E-state index contributed by atoms with van der Waals surface area (Å²) in [4.78, 5) is 27.9. The maximum atomic E-state index is 12.4. The van der Waals surface area contributed by atoms with Gasteiger partial charge in [-0.1, -0.05) is 6.07 Å². The Morgan fingerprint density at radius 3 is 2.79 bits per heavy atom. The minimum atomic E-state index is -1.08. The van der Waals surface area contributed by atoms with E-state index in [0.717, 1.165) is 5.69 Å². The van der Waals surface area contributed by atoms with Crippen molar-refractivity contribution in [1.82, 2.24) is 14.0 Å². The van der Waals surface area contributed by atoms with Gasteiger partial charge in [-0.25, -0.2) is 9.78 Å². The number of fused-ring (bicyclic) bond motifs is 2. The zero-order chi connectivity index (χ0) is 13.7. The molecule has 0 amide bonds. The number of carbonyl (C=O) groups is 1. The lowest BCUT2D eigenvalue weighted by Gasteiger charge is -2.04. The smallest absolute Gasteiger partial charge is 0.352 e. The number of aromatic nitrogens is 3. The average Bonchev–Trinajstić information content (AvgIpc) is 2.68. The number of rotatable bonds is 1. The minimum Gasteiger partial charge on any atom is -0.477 e. The van der Waals surface area contributed by atoms with Gasteiger partial charge in [0.2, 0.25) is 0 Å². The highest BCUT2D eigenvalue weighted by Crippen LogP contribution is 2.15. The number of aromatic carboxylic acids is 1. The fraction of sp³-hybridized carbons (Fsp3) is 0.154. The molecule has 3 heterocycles. The van der Waals surface area contributed by atoms with E-state index in [4.69, 9.17) is 5.11 Å². The third-order valence-corrected chi connectivity index (χ3v) is 3.24. The molecule has 1 N–H and O–H groups in total. The molecule has 3 rings (SSSR count). The summed E-state index contributed by atoms with van der Waals surface area (Å²) in [5, 5.41) is 9.40. The Morgan fingerprint density at radius 1 is 1.37 bits per heavy atom. The molecule has 0 aliphatic rings. The highest BCUT2D eigenvalue weighted by molar-refractivity contribution is 5.93. The van der Waals surface area contributed by atoms with Gasteiger partial charge in [-0.15, -0.1) is 0 Å². The van der Waals surface area contributed by atoms with E-state index in [1.54, 1.807) is 13.1 Å². The molecule has 0 fully saturated rings. The van der Waals surface area contributed by atoms with Crippen LogP contribution in [0.4, 0.5) is 0 Å². The molecule has 6 heteroatoms. The van der Waals surface area contributed by atoms with E-state index in [9.17, 15) is 9.59 Å². The van der Waals surface area contributed by atoms with Crippen LogP contribution in [0, 0.1) is 6.92 Å². The largest absolute Gasteiger partial charge is 0.477 e. The first-order chi connectivity index (χ1) is 9.00. The van der Waals surface area contributed by atoms with Gasteiger partial charge in [-0.05, 0) is 25.1 Å². The van der Waals surface area contributed by atoms with Gasteiger partial charge in [0.15, 0.2) is 0 Å². The highest BCUT2D eigenvalue weighted by atomic mass is 16.4. The molecular weight excluding hydrogens is 246 g/mol.